The van der Waals surface area contributed by atoms with Crippen molar-refractivity contribution >= 4 is 22.6 Å². The highest BCUT2D eigenvalue weighted by Crippen LogP contribution is 2.35. The second kappa shape index (κ2) is 10.1. The quantitative estimate of drug-likeness (QED) is 0.327. The number of urea groups is 1. The predicted molar refractivity (Wildman–Crippen MR) is 133 cm³/mol. The monoisotopic (exact) mass is 443 g/mol. The van der Waals surface area contributed by atoms with Gasteiger partial charge < -0.3 is 25.1 Å². The van der Waals surface area contributed by atoms with E-state index >= 15 is 0 Å². The Kier molecular flexibility index (Phi) is 6.83. The van der Waals surface area contributed by atoms with E-state index in [1.54, 1.807) is 14.2 Å². The minimum absolute atomic E-state index is 0.0897. The summed E-state index contributed by atoms with van der Waals surface area (Å²) in [6, 6.07) is 21.7. The van der Waals surface area contributed by atoms with Crippen LogP contribution in [0.15, 0.2) is 72.9 Å². The molecule has 33 heavy (non-hydrogen) atoms. The summed E-state index contributed by atoms with van der Waals surface area (Å²) in [5.74, 6) is 1.23. The number of hydrogen-bond donors (Lipinski definition) is 3. The number of carbonyl (C=O) groups excluding carboxylic acids is 1. The number of amides is 2. The Morgan fingerprint density at radius 2 is 1.73 bits per heavy atom. The minimum atomic E-state index is -0.235. The van der Waals surface area contributed by atoms with Gasteiger partial charge in [-0.25, -0.2) is 4.79 Å². The molecule has 170 valence electrons. The van der Waals surface area contributed by atoms with Gasteiger partial charge in [0.05, 0.1) is 14.2 Å². The van der Waals surface area contributed by atoms with Gasteiger partial charge in [-0.1, -0.05) is 49.4 Å². The molecule has 0 aliphatic carbocycles. The van der Waals surface area contributed by atoms with Crippen molar-refractivity contribution in [3.63, 3.8) is 0 Å². The van der Waals surface area contributed by atoms with E-state index in [0.717, 1.165) is 39.7 Å². The van der Waals surface area contributed by atoms with Crippen molar-refractivity contribution in [2.75, 3.05) is 26.1 Å². The van der Waals surface area contributed by atoms with Crippen LogP contribution < -0.4 is 20.1 Å². The minimum Gasteiger partial charge on any atom is -0.493 e. The third-order valence-corrected chi connectivity index (χ3v) is 5.92. The smallest absolute Gasteiger partial charge is 0.319 e. The zero-order valence-corrected chi connectivity index (χ0v) is 19.1. The van der Waals surface area contributed by atoms with Crippen LogP contribution >= 0.6 is 0 Å². The molecule has 1 heterocycles. The predicted octanol–water partition coefficient (Wildman–Crippen LogP) is 5.70. The third-order valence-electron chi connectivity index (χ3n) is 5.92. The first-order valence-electron chi connectivity index (χ1n) is 11.0. The topological polar surface area (TPSA) is 75.4 Å². The fraction of sp³-hybridized carbons (Fsp3) is 0.222. The Balaban J connectivity index is 1.63. The van der Waals surface area contributed by atoms with E-state index in [4.69, 9.17) is 9.47 Å². The summed E-state index contributed by atoms with van der Waals surface area (Å²) in [5, 5.41) is 7.17. The van der Waals surface area contributed by atoms with E-state index in [9.17, 15) is 4.79 Å². The van der Waals surface area contributed by atoms with Gasteiger partial charge in [0.1, 0.15) is 0 Å². The molecule has 3 aromatic carbocycles. The molecule has 0 saturated carbocycles. The van der Waals surface area contributed by atoms with Crippen molar-refractivity contribution < 1.29 is 14.3 Å². The van der Waals surface area contributed by atoms with Crippen molar-refractivity contribution in [1.29, 1.82) is 0 Å². The van der Waals surface area contributed by atoms with E-state index in [0.29, 0.717) is 18.0 Å². The van der Waals surface area contributed by atoms with Crippen LogP contribution in [0, 0.1) is 0 Å². The van der Waals surface area contributed by atoms with Gasteiger partial charge in [-0.15, -0.1) is 0 Å². The molecule has 1 atom stereocenters. The first-order valence-corrected chi connectivity index (χ1v) is 11.0. The number of aromatic amines is 1. The van der Waals surface area contributed by atoms with Crippen LogP contribution in [0.2, 0.25) is 0 Å². The van der Waals surface area contributed by atoms with Crippen LogP contribution in [-0.2, 0) is 6.42 Å². The first kappa shape index (κ1) is 22.3. The lowest BCUT2D eigenvalue weighted by molar-refractivity contribution is 0.252. The van der Waals surface area contributed by atoms with Crippen LogP contribution in [0.3, 0.4) is 0 Å². The number of methoxy groups -OCH3 is 2. The fourth-order valence-electron chi connectivity index (χ4n) is 4.17. The van der Waals surface area contributed by atoms with Crippen molar-refractivity contribution in [3.05, 3.63) is 89.6 Å². The molecule has 0 aliphatic rings. The van der Waals surface area contributed by atoms with Crippen LogP contribution in [0.25, 0.3) is 10.9 Å². The highest BCUT2D eigenvalue weighted by atomic mass is 16.5. The molecule has 0 bridgehead atoms. The van der Waals surface area contributed by atoms with Crippen molar-refractivity contribution in [3.8, 4) is 11.5 Å². The zero-order valence-electron chi connectivity index (χ0n) is 19.1. The molecule has 4 rings (SSSR count). The third kappa shape index (κ3) is 4.80. The van der Waals surface area contributed by atoms with Crippen LogP contribution in [0.4, 0.5) is 10.5 Å². The number of fused-ring (bicyclic) bond motifs is 1. The number of aromatic nitrogens is 1. The molecule has 6 nitrogen and oxygen atoms in total. The number of hydrogen-bond acceptors (Lipinski definition) is 3. The zero-order chi connectivity index (χ0) is 23.2. The number of H-pyrrole nitrogens is 1. The van der Waals surface area contributed by atoms with Crippen molar-refractivity contribution in [2.45, 2.75) is 19.3 Å². The Morgan fingerprint density at radius 1 is 0.970 bits per heavy atom. The number of carbonyl (C=O) groups is 1. The maximum atomic E-state index is 12.8. The first-order chi connectivity index (χ1) is 16.1. The lowest BCUT2D eigenvalue weighted by Gasteiger charge is -2.20. The van der Waals surface area contributed by atoms with E-state index < -0.39 is 0 Å². The molecule has 1 aromatic heterocycles. The lowest BCUT2D eigenvalue weighted by Crippen LogP contribution is -2.33. The molecule has 0 spiro atoms. The lowest BCUT2D eigenvalue weighted by atomic mass is 9.90. The summed E-state index contributed by atoms with van der Waals surface area (Å²) < 4.78 is 10.9. The molecule has 0 unspecified atom stereocenters. The number of anilines is 1. The van der Waals surface area contributed by atoms with Crippen LogP contribution in [0.1, 0.15) is 29.5 Å². The molecule has 3 N–H and O–H groups in total. The Bertz CT molecular complexity index is 1250. The standard InChI is InChI=1S/C27H29N3O3/c1-4-18-9-5-7-11-23(18)30-27(31)29-16-21(19-13-14-25(32-2)26(15-19)33-3)22-17-28-24-12-8-6-10-20(22)24/h5-15,17,21,28H,4,16H2,1-3H3,(H2,29,30,31)/t21-/m1/s1. The van der Waals surface area contributed by atoms with Gasteiger partial charge >= 0.3 is 6.03 Å². The number of para-hydroxylation sites is 2. The summed E-state index contributed by atoms with van der Waals surface area (Å²) >= 11 is 0. The van der Waals surface area contributed by atoms with Crippen LogP contribution in [0.5, 0.6) is 11.5 Å². The molecule has 4 aromatic rings. The van der Waals surface area contributed by atoms with E-state index in [1.807, 2.05) is 66.9 Å². The van der Waals surface area contributed by atoms with Crippen molar-refractivity contribution in [2.24, 2.45) is 0 Å². The molecular formula is C27H29N3O3. The molecule has 0 aliphatic heterocycles. The van der Waals surface area contributed by atoms with E-state index in [-0.39, 0.29) is 11.9 Å². The van der Waals surface area contributed by atoms with Gasteiger partial charge in [-0.2, -0.15) is 0 Å². The maximum Gasteiger partial charge on any atom is 0.319 e. The van der Waals surface area contributed by atoms with Gasteiger partial charge in [0.15, 0.2) is 11.5 Å². The number of aryl methyl sites for hydroxylation is 1. The van der Waals surface area contributed by atoms with Gasteiger partial charge in [0.2, 0.25) is 0 Å². The van der Waals surface area contributed by atoms with Gasteiger partial charge in [-0.05, 0) is 47.4 Å². The molecule has 0 saturated heterocycles. The molecule has 2 amide bonds. The molecule has 0 fully saturated rings. The van der Waals surface area contributed by atoms with E-state index in [2.05, 4.69) is 28.6 Å². The van der Waals surface area contributed by atoms with Gasteiger partial charge in [-0.3, -0.25) is 0 Å². The van der Waals surface area contributed by atoms with Crippen molar-refractivity contribution in [1.82, 2.24) is 10.3 Å². The SMILES string of the molecule is CCc1ccccc1NC(=O)NC[C@H](c1ccc(OC)c(OC)c1)c1c[nH]c2ccccc12. The highest BCUT2D eigenvalue weighted by molar-refractivity contribution is 5.90. The molecular weight excluding hydrogens is 414 g/mol. The summed E-state index contributed by atoms with van der Waals surface area (Å²) in [5.41, 5.74) is 5.10. The van der Waals surface area contributed by atoms with E-state index in [1.165, 1.54) is 0 Å². The largest absolute Gasteiger partial charge is 0.493 e. The molecule has 6 heteroatoms. The van der Waals surface area contributed by atoms with Crippen LogP contribution in [-0.4, -0.2) is 31.8 Å². The second-order valence-electron chi connectivity index (χ2n) is 7.80. The number of rotatable bonds is 8. The maximum absolute atomic E-state index is 12.8. The Hall–Kier alpha value is -3.93. The number of ether oxygens (including phenoxy) is 2. The van der Waals surface area contributed by atoms with Gasteiger partial charge in [0.25, 0.3) is 0 Å². The summed E-state index contributed by atoms with van der Waals surface area (Å²) in [6.45, 7) is 2.49. The summed E-state index contributed by atoms with van der Waals surface area (Å²) in [4.78, 5) is 16.1. The van der Waals surface area contributed by atoms with Gasteiger partial charge in [0, 0.05) is 35.2 Å². The fourth-order valence-corrected chi connectivity index (χ4v) is 4.17. The number of nitrogens with one attached hydrogen (secondary N) is 3. The summed E-state index contributed by atoms with van der Waals surface area (Å²) in [7, 11) is 3.24. The Morgan fingerprint density at radius 3 is 2.52 bits per heavy atom. The average molecular weight is 444 g/mol. The highest BCUT2D eigenvalue weighted by Gasteiger charge is 2.21. The number of benzene rings is 3. The average Bonchev–Trinajstić information content (AvgIpc) is 3.28. The molecule has 0 radical (unpaired) electrons. The second-order valence-corrected chi connectivity index (χ2v) is 7.80. The Labute approximate surface area is 193 Å². The normalized spacial score (nSPS) is 11.7. The summed E-state index contributed by atoms with van der Waals surface area (Å²) in [6.07, 6.45) is 2.86.